The van der Waals surface area contributed by atoms with Gasteiger partial charge in [0.05, 0.1) is 17.6 Å². The van der Waals surface area contributed by atoms with Crippen LogP contribution in [0.25, 0.3) is 0 Å². The van der Waals surface area contributed by atoms with Crippen LogP contribution in [0.5, 0.6) is 0 Å². The van der Waals surface area contributed by atoms with E-state index in [4.69, 9.17) is 5.11 Å². The van der Waals surface area contributed by atoms with Gasteiger partial charge in [0.1, 0.15) is 0 Å². The molecule has 1 unspecified atom stereocenters. The molecule has 0 bridgehead atoms. The molecular weight excluding hydrogens is 202 g/mol. The van der Waals surface area contributed by atoms with E-state index in [1.165, 1.54) is 0 Å². The van der Waals surface area contributed by atoms with Gasteiger partial charge in [0.2, 0.25) is 0 Å². The Balaban J connectivity index is 2.49. The minimum atomic E-state index is -2.86. The molecule has 0 aromatic rings. The Morgan fingerprint density at radius 2 is 2.14 bits per heavy atom. The van der Waals surface area contributed by atoms with Crippen LogP contribution in [0.1, 0.15) is 19.3 Å². The van der Waals surface area contributed by atoms with Crippen molar-refractivity contribution in [3.63, 3.8) is 0 Å². The van der Waals surface area contributed by atoms with E-state index in [1.807, 2.05) is 11.9 Å². The zero-order valence-electron chi connectivity index (χ0n) is 8.65. The van der Waals surface area contributed by atoms with Crippen molar-refractivity contribution in [3.05, 3.63) is 0 Å². The minimum absolute atomic E-state index is 0.0866. The smallest absolute Gasteiger partial charge is 0.154 e. The number of sulfone groups is 1. The molecule has 0 saturated carbocycles. The normalized spacial score (nSPS) is 26.6. The Hall–Kier alpha value is -0.130. The number of hydrogen-bond donors (Lipinski definition) is 1. The zero-order chi connectivity index (χ0) is 10.6. The van der Waals surface area contributed by atoms with E-state index >= 15 is 0 Å². The number of rotatable bonds is 4. The lowest BCUT2D eigenvalue weighted by Gasteiger charge is -2.26. The number of aliphatic hydroxyl groups excluding tert-OH is 1. The molecule has 4 nitrogen and oxygen atoms in total. The molecule has 1 N–H and O–H groups in total. The highest BCUT2D eigenvalue weighted by molar-refractivity contribution is 7.92. The molecule has 5 heteroatoms. The molecule has 0 aromatic carbocycles. The lowest BCUT2D eigenvalue weighted by molar-refractivity contribution is 0.219. The number of hydrogen-bond acceptors (Lipinski definition) is 4. The molecule has 1 heterocycles. The van der Waals surface area contributed by atoms with Crippen molar-refractivity contribution in [1.82, 2.24) is 4.90 Å². The van der Waals surface area contributed by atoms with Gasteiger partial charge in [-0.05, 0) is 19.9 Å². The predicted octanol–water partition coefficient (Wildman–Crippen LogP) is -0.122. The van der Waals surface area contributed by atoms with E-state index in [-0.39, 0.29) is 11.9 Å². The summed E-state index contributed by atoms with van der Waals surface area (Å²) in [5.41, 5.74) is 0. The van der Waals surface area contributed by atoms with Crippen LogP contribution in [0.4, 0.5) is 0 Å². The van der Waals surface area contributed by atoms with Crippen molar-refractivity contribution in [2.24, 2.45) is 0 Å². The first-order chi connectivity index (χ1) is 6.56. The third-order valence-electron chi connectivity index (χ3n) is 2.71. The number of nitrogens with zero attached hydrogens (tertiary/aromatic N) is 1. The van der Waals surface area contributed by atoms with Crippen LogP contribution in [-0.4, -0.2) is 56.2 Å². The van der Waals surface area contributed by atoms with Crippen LogP contribution >= 0.6 is 0 Å². The summed E-state index contributed by atoms with van der Waals surface area (Å²) >= 11 is 0. The summed E-state index contributed by atoms with van der Waals surface area (Å²) in [6, 6.07) is 0. The second-order valence-corrected chi connectivity index (χ2v) is 6.37. The number of likely N-dealkylation sites (N-methyl/N-ethyl adjacent to an activating group) is 1. The monoisotopic (exact) mass is 221 g/mol. The predicted molar refractivity (Wildman–Crippen MR) is 56.0 cm³/mol. The largest absolute Gasteiger partial charge is 0.395 e. The topological polar surface area (TPSA) is 57.6 Å². The average Bonchev–Trinajstić information content (AvgIpc) is 2.09. The summed E-state index contributed by atoms with van der Waals surface area (Å²) in [6.07, 6.45) is 2.59. The van der Waals surface area contributed by atoms with E-state index in [1.54, 1.807) is 0 Å². The highest BCUT2D eigenvalue weighted by Crippen LogP contribution is 2.19. The maximum Gasteiger partial charge on any atom is 0.154 e. The van der Waals surface area contributed by atoms with Crippen molar-refractivity contribution >= 4 is 9.84 Å². The molecule has 0 radical (unpaired) electrons. The van der Waals surface area contributed by atoms with Crippen LogP contribution in [0.3, 0.4) is 0 Å². The third kappa shape index (κ3) is 3.22. The van der Waals surface area contributed by atoms with Gasteiger partial charge in [0.15, 0.2) is 9.84 Å². The van der Waals surface area contributed by atoms with E-state index in [0.29, 0.717) is 18.8 Å². The molecule has 1 aliphatic heterocycles. The second-order valence-electron chi connectivity index (χ2n) is 3.97. The van der Waals surface area contributed by atoms with Crippen molar-refractivity contribution in [2.75, 3.05) is 32.5 Å². The van der Waals surface area contributed by atoms with Crippen LogP contribution in [0.2, 0.25) is 0 Å². The van der Waals surface area contributed by atoms with E-state index < -0.39 is 9.84 Å². The molecule has 0 amide bonds. The summed E-state index contributed by atoms with van der Waals surface area (Å²) < 4.78 is 23.3. The SMILES string of the molecule is CN(CCO)CC1CCCCS1(=O)=O. The lowest BCUT2D eigenvalue weighted by Crippen LogP contribution is -2.39. The standard InChI is InChI=1S/C9H19NO3S/c1-10(5-6-11)8-9-4-2-3-7-14(9,12)13/h9,11H,2-8H2,1H3. The third-order valence-corrected chi connectivity index (χ3v) is 4.97. The average molecular weight is 221 g/mol. The molecule has 1 saturated heterocycles. The van der Waals surface area contributed by atoms with Gasteiger partial charge in [-0.15, -0.1) is 0 Å². The molecule has 0 aromatic heterocycles. The Bertz CT molecular complexity index is 263. The van der Waals surface area contributed by atoms with Crippen molar-refractivity contribution < 1.29 is 13.5 Å². The first kappa shape index (κ1) is 11.9. The number of aliphatic hydroxyl groups is 1. The molecule has 84 valence electrons. The summed E-state index contributed by atoms with van der Waals surface area (Å²) in [6.45, 7) is 1.19. The molecule has 1 aliphatic rings. The minimum Gasteiger partial charge on any atom is -0.395 e. The highest BCUT2D eigenvalue weighted by Gasteiger charge is 2.29. The molecule has 0 aliphatic carbocycles. The van der Waals surface area contributed by atoms with Gasteiger partial charge in [-0.1, -0.05) is 6.42 Å². The quantitative estimate of drug-likeness (QED) is 0.719. The maximum atomic E-state index is 11.6. The molecule has 1 atom stereocenters. The first-order valence-corrected chi connectivity index (χ1v) is 6.79. The fourth-order valence-electron chi connectivity index (χ4n) is 1.84. The van der Waals surface area contributed by atoms with Gasteiger partial charge in [-0.2, -0.15) is 0 Å². The van der Waals surface area contributed by atoms with Gasteiger partial charge in [-0.3, -0.25) is 0 Å². The zero-order valence-corrected chi connectivity index (χ0v) is 9.46. The van der Waals surface area contributed by atoms with Crippen LogP contribution in [-0.2, 0) is 9.84 Å². The van der Waals surface area contributed by atoms with Gasteiger partial charge in [-0.25, -0.2) is 8.42 Å². The van der Waals surface area contributed by atoms with E-state index in [0.717, 1.165) is 19.3 Å². The van der Waals surface area contributed by atoms with Crippen LogP contribution < -0.4 is 0 Å². The van der Waals surface area contributed by atoms with Gasteiger partial charge in [0.25, 0.3) is 0 Å². The summed E-state index contributed by atoms with van der Waals surface area (Å²) in [4.78, 5) is 1.88. The van der Waals surface area contributed by atoms with Gasteiger partial charge >= 0.3 is 0 Å². The molecular formula is C9H19NO3S. The fraction of sp³-hybridized carbons (Fsp3) is 1.00. The van der Waals surface area contributed by atoms with Crippen molar-refractivity contribution in [3.8, 4) is 0 Å². The Labute approximate surface area is 85.8 Å². The first-order valence-electron chi connectivity index (χ1n) is 5.07. The van der Waals surface area contributed by atoms with E-state index in [9.17, 15) is 8.42 Å². The molecule has 14 heavy (non-hydrogen) atoms. The van der Waals surface area contributed by atoms with Crippen LogP contribution in [0.15, 0.2) is 0 Å². The summed E-state index contributed by atoms with van der Waals surface area (Å²) in [5.74, 6) is 0.338. The summed E-state index contributed by atoms with van der Waals surface area (Å²) in [7, 11) is -1.01. The van der Waals surface area contributed by atoms with Crippen molar-refractivity contribution in [2.45, 2.75) is 24.5 Å². The summed E-state index contributed by atoms with van der Waals surface area (Å²) in [5, 5.41) is 8.49. The Kier molecular flexibility index (Phi) is 4.34. The van der Waals surface area contributed by atoms with Gasteiger partial charge in [0, 0.05) is 13.1 Å². The highest BCUT2D eigenvalue weighted by atomic mass is 32.2. The second kappa shape index (κ2) is 5.09. The Morgan fingerprint density at radius 3 is 2.71 bits per heavy atom. The Morgan fingerprint density at radius 1 is 1.43 bits per heavy atom. The molecule has 1 rings (SSSR count). The van der Waals surface area contributed by atoms with Crippen molar-refractivity contribution in [1.29, 1.82) is 0 Å². The van der Waals surface area contributed by atoms with E-state index in [2.05, 4.69) is 0 Å². The maximum absolute atomic E-state index is 11.6. The lowest BCUT2D eigenvalue weighted by atomic mass is 10.2. The van der Waals surface area contributed by atoms with Crippen LogP contribution in [0, 0.1) is 0 Å². The fourth-order valence-corrected chi connectivity index (χ4v) is 3.78. The molecule has 1 fully saturated rings. The molecule has 0 spiro atoms. The van der Waals surface area contributed by atoms with Gasteiger partial charge < -0.3 is 10.0 Å².